The average Bonchev–Trinajstić information content (AvgIpc) is 3.35. The highest BCUT2D eigenvalue weighted by Gasteiger charge is 2.39. The lowest BCUT2D eigenvalue weighted by molar-refractivity contribution is -0.120. The molecular weight excluding hydrogens is 368 g/mol. The third-order valence-corrected chi connectivity index (χ3v) is 4.69. The van der Waals surface area contributed by atoms with Crippen molar-refractivity contribution in [2.24, 2.45) is 0 Å². The number of carbonyl (C=O) groups is 2. The van der Waals surface area contributed by atoms with Crippen LogP contribution >= 0.6 is 15.9 Å². The second-order valence-electron chi connectivity index (χ2n) is 5.95. The van der Waals surface area contributed by atoms with Gasteiger partial charge in [-0.05, 0) is 48.4 Å². The van der Waals surface area contributed by atoms with Crippen LogP contribution in [0.25, 0.3) is 0 Å². The minimum atomic E-state index is -0.130. The number of carbonyl (C=O) groups excluding carboxylic acids is 2. The highest BCUT2D eigenvalue weighted by atomic mass is 79.9. The van der Waals surface area contributed by atoms with E-state index in [0.29, 0.717) is 17.9 Å². The first-order valence-electron chi connectivity index (χ1n) is 8.03. The number of anilines is 1. The van der Waals surface area contributed by atoms with Gasteiger partial charge in [0.15, 0.2) is 0 Å². The minimum Gasteiger partial charge on any atom is -0.353 e. The molecule has 1 fully saturated rings. The van der Waals surface area contributed by atoms with Crippen LogP contribution in [0.5, 0.6) is 0 Å². The van der Waals surface area contributed by atoms with Gasteiger partial charge >= 0.3 is 0 Å². The standard InChI is InChI=1S/C19H19BrN2O2/c1-2-18(23)22-17-11-16(17)12-5-9-15(10-6-12)21-19(24)13-3-7-14(20)8-4-13/h3-10,16-17H,2,11H2,1H3,(H,21,24)(H,22,23)/t16-,17+/m0/s1. The Morgan fingerprint density at radius 2 is 1.75 bits per heavy atom. The van der Waals surface area contributed by atoms with E-state index in [1.54, 1.807) is 12.1 Å². The summed E-state index contributed by atoms with van der Waals surface area (Å²) in [5, 5.41) is 5.91. The molecule has 0 bridgehead atoms. The van der Waals surface area contributed by atoms with Gasteiger partial charge in [-0.2, -0.15) is 0 Å². The molecule has 1 aliphatic rings. The van der Waals surface area contributed by atoms with Crippen molar-refractivity contribution >= 4 is 33.4 Å². The van der Waals surface area contributed by atoms with Crippen molar-refractivity contribution < 1.29 is 9.59 Å². The molecule has 3 rings (SSSR count). The zero-order chi connectivity index (χ0) is 17.1. The Hall–Kier alpha value is -2.14. The van der Waals surface area contributed by atoms with Gasteiger partial charge in [-0.1, -0.05) is 35.0 Å². The lowest BCUT2D eigenvalue weighted by Gasteiger charge is -2.07. The van der Waals surface area contributed by atoms with E-state index in [4.69, 9.17) is 0 Å². The third kappa shape index (κ3) is 4.03. The molecule has 24 heavy (non-hydrogen) atoms. The molecule has 0 aliphatic heterocycles. The predicted molar refractivity (Wildman–Crippen MR) is 98.1 cm³/mol. The van der Waals surface area contributed by atoms with Gasteiger partial charge in [-0.25, -0.2) is 0 Å². The van der Waals surface area contributed by atoms with Crippen LogP contribution in [0, 0.1) is 0 Å². The van der Waals surface area contributed by atoms with E-state index < -0.39 is 0 Å². The van der Waals surface area contributed by atoms with Crippen LogP contribution in [0.2, 0.25) is 0 Å². The zero-order valence-electron chi connectivity index (χ0n) is 13.4. The molecule has 0 heterocycles. The number of nitrogens with one attached hydrogen (secondary N) is 2. The summed E-state index contributed by atoms with van der Waals surface area (Å²) in [7, 11) is 0. The summed E-state index contributed by atoms with van der Waals surface area (Å²) in [6, 6.07) is 15.3. The van der Waals surface area contributed by atoms with Crippen LogP contribution in [0.15, 0.2) is 53.0 Å². The molecule has 5 heteroatoms. The second kappa shape index (κ2) is 7.18. The fourth-order valence-electron chi connectivity index (χ4n) is 2.65. The first-order valence-corrected chi connectivity index (χ1v) is 8.82. The normalized spacial score (nSPS) is 18.8. The van der Waals surface area contributed by atoms with E-state index in [1.807, 2.05) is 43.3 Å². The molecular formula is C19H19BrN2O2. The first-order chi connectivity index (χ1) is 11.6. The smallest absolute Gasteiger partial charge is 0.255 e. The summed E-state index contributed by atoms with van der Waals surface area (Å²) in [5.41, 5.74) is 2.58. The first kappa shape index (κ1) is 16.7. The van der Waals surface area contributed by atoms with Crippen molar-refractivity contribution in [1.29, 1.82) is 0 Å². The monoisotopic (exact) mass is 386 g/mol. The van der Waals surface area contributed by atoms with Gasteiger partial charge in [-0.15, -0.1) is 0 Å². The lowest BCUT2D eigenvalue weighted by Crippen LogP contribution is -2.25. The van der Waals surface area contributed by atoms with E-state index in [1.165, 1.54) is 5.56 Å². The number of rotatable bonds is 5. The summed E-state index contributed by atoms with van der Waals surface area (Å²) in [5.74, 6) is 0.354. The van der Waals surface area contributed by atoms with E-state index >= 15 is 0 Å². The lowest BCUT2D eigenvalue weighted by atomic mass is 10.1. The van der Waals surface area contributed by atoms with Crippen LogP contribution in [0.4, 0.5) is 5.69 Å². The maximum Gasteiger partial charge on any atom is 0.255 e. The Bertz CT molecular complexity index is 741. The Morgan fingerprint density at radius 1 is 1.08 bits per heavy atom. The molecule has 1 saturated carbocycles. The van der Waals surface area contributed by atoms with Crippen molar-refractivity contribution in [2.75, 3.05) is 5.32 Å². The topological polar surface area (TPSA) is 58.2 Å². The number of hydrogen-bond donors (Lipinski definition) is 2. The van der Waals surface area contributed by atoms with Crippen molar-refractivity contribution in [3.63, 3.8) is 0 Å². The van der Waals surface area contributed by atoms with E-state index in [2.05, 4.69) is 26.6 Å². The number of benzene rings is 2. The van der Waals surface area contributed by atoms with Gasteiger partial charge in [0.25, 0.3) is 5.91 Å². The molecule has 124 valence electrons. The van der Waals surface area contributed by atoms with Crippen molar-refractivity contribution in [3.8, 4) is 0 Å². The average molecular weight is 387 g/mol. The Kier molecular flexibility index (Phi) is 5.00. The predicted octanol–water partition coefficient (Wildman–Crippen LogP) is 4.08. The minimum absolute atomic E-state index is 0.0980. The molecule has 0 saturated heterocycles. The Labute approximate surface area is 149 Å². The Balaban J connectivity index is 1.58. The molecule has 0 aromatic heterocycles. The highest BCUT2D eigenvalue weighted by Crippen LogP contribution is 2.41. The molecule has 0 radical (unpaired) electrons. The van der Waals surface area contributed by atoms with Gasteiger partial charge in [0.1, 0.15) is 0 Å². The van der Waals surface area contributed by atoms with Crippen molar-refractivity contribution in [1.82, 2.24) is 5.32 Å². The molecule has 2 N–H and O–H groups in total. The van der Waals surface area contributed by atoms with Crippen molar-refractivity contribution in [3.05, 3.63) is 64.1 Å². The largest absolute Gasteiger partial charge is 0.353 e. The van der Waals surface area contributed by atoms with Gasteiger partial charge in [0.05, 0.1) is 0 Å². The molecule has 2 amide bonds. The maximum absolute atomic E-state index is 12.2. The number of halogens is 1. The highest BCUT2D eigenvalue weighted by molar-refractivity contribution is 9.10. The molecule has 0 unspecified atom stereocenters. The summed E-state index contributed by atoms with van der Waals surface area (Å²) in [6.45, 7) is 1.86. The molecule has 1 aliphatic carbocycles. The SMILES string of the molecule is CCC(=O)N[C@@H]1C[C@H]1c1ccc(NC(=O)c2ccc(Br)cc2)cc1. The summed E-state index contributed by atoms with van der Waals surface area (Å²) in [4.78, 5) is 23.6. The summed E-state index contributed by atoms with van der Waals surface area (Å²) >= 11 is 3.36. The zero-order valence-corrected chi connectivity index (χ0v) is 15.0. The van der Waals surface area contributed by atoms with Crippen LogP contribution in [0.3, 0.4) is 0 Å². The van der Waals surface area contributed by atoms with Crippen molar-refractivity contribution in [2.45, 2.75) is 31.7 Å². The molecule has 2 atom stereocenters. The fraction of sp³-hybridized carbons (Fsp3) is 0.263. The van der Waals surface area contributed by atoms with Crippen LogP contribution in [-0.2, 0) is 4.79 Å². The van der Waals surface area contributed by atoms with Crippen LogP contribution in [0.1, 0.15) is 41.6 Å². The summed E-state index contributed by atoms with van der Waals surface area (Å²) < 4.78 is 0.942. The molecule has 4 nitrogen and oxygen atoms in total. The summed E-state index contributed by atoms with van der Waals surface area (Å²) in [6.07, 6.45) is 1.50. The third-order valence-electron chi connectivity index (χ3n) is 4.16. The van der Waals surface area contributed by atoms with E-state index in [-0.39, 0.29) is 17.9 Å². The maximum atomic E-state index is 12.2. The van der Waals surface area contributed by atoms with E-state index in [0.717, 1.165) is 16.6 Å². The van der Waals surface area contributed by atoms with Gasteiger partial charge < -0.3 is 10.6 Å². The number of hydrogen-bond acceptors (Lipinski definition) is 2. The molecule has 2 aromatic carbocycles. The van der Waals surface area contributed by atoms with E-state index in [9.17, 15) is 9.59 Å². The van der Waals surface area contributed by atoms with Gasteiger partial charge in [0.2, 0.25) is 5.91 Å². The van der Waals surface area contributed by atoms with Gasteiger partial charge in [0, 0.05) is 34.1 Å². The van der Waals surface area contributed by atoms with Crippen LogP contribution in [-0.4, -0.2) is 17.9 Å². The van der Waals surface area contributed by atoms with Gasteiger partial charge in [-0.3, -0.25) is 9.59 Å². The second-order valence-corrected chi connectivity index (χ2v) is 6.87. The quantitative estimate of drug-likeness (QED) is 0.812. The molecule has 2 aromatic rings. The number of amides is 2. The Morgan fingerprint density at radius 3 is 2.38 bits per heavy atom. The molecule has 0 spiro atoms. The fourth-order valence-corrected chi connectivity index (χ4v) is 2.91. The van der Waals surface area contributed by atoms with Crippen LogP contribution < -0.4 is 10.6 Å².